The van der Waals surface area contributed by atoms with E-state index in [0.29, 0.717) is 11.5 Å². The Morgan fingerprint density at radius 3 is 2.19 bits per heavy atom. The molecule has 1 heterocycles. The van der Waals surface area contributed by atoms with Gasteiger partial charge in [-0.1, -0.05) is 12.1 Å². The van der Waals surface area contributed by atoms with Gasteiger partial charge in [-0.3, -0.25) is 9.59 Å². The minimum absolute atomic E-state index is 0.0528. The average Bonchev–Trinajstić information content (AvgIpc) is 2.72. The van der Waals surface area contributed by atoms with Crippen LogP contribution in [-0.4, -0.2) is 48.0 Å². The zero-order valence-corrected chi connectivity index (χ0v) is 19.8. The Labute approximate surface area is 196 Å². The minimum Gasteiger partial charge on any atom is -0.366 e. The Morgan fingerprint density at radius 2 is 1.59 bits per heavy atom. The fourth-order valence-corrected chi connectivity index (χ4v) is 7.51. The van der Waals surface area contributed by atoms with E-state index in [2.05, 4.69) is 21.6 Å². The molecule has 0 radical (unpaired) electrons. The zero-order valence-electron chi connectivity index (χ0n) is 18.9. The molecule has 6 nitrogen and oxygen atoms in total. The standard InChI is InChI=1S/C25H34N4O2S/c1-17(30)28-6-8-29(9-7-28)22-5-3-2-4-21(22)26-24(32)27-23(31)16-25-13-18-10-19(14-25)12-20(11-18)15-25/h2-5,18-20H,6-16H2,1H3,(H2,26,27,31,32). The highest BCUT2D eigenvalue weighted by Gasteiger charge is 2.51. The lowest BCUT2D eigenvalue weighted by atomic mass is 9.49. The van der Waals surface area contributed by atoms with Gasteiger partial charge in [0.2, 0.25) is 11.8 Å². The first-order chi connectivity index (χ1) is 15.4. The Kier molecular flexibility index (Phi) is 5.86. The van der Waals surface area contributed by atoms with Crippen LogP contribution in [0.15, 0.2) is 24.3 Å². The zero-order chi connectivity index (χ0) is 22.3. The number of piperazine rings is 1. The maximum atomic E-state index is 12.9. The van der Waals surface area contributed by atoms with E-state index in [0.717, 1.165) is 55.3 Å². The highest BCUT2D eigenvalue weighted by atomic mass is 32.1. The summed E-state index contributed by atoms with van der Waals surface area (Å²) in [5.41, 5.74) is 2.15. The molecule has 1 aromatic carbocycles. The third-order valence-corrected chi connectivity index (χ3v) is 8.38. The number of benzene rings is 1. The van der Waals surface area contributed by atoms with Gasteiger partial charge in [0, 0.05) is 39.5 Å². The van der Waals surface area contributed by atoms with Gasteiger partial charge in [-0.25, -0.2) is 0 Å². The predicted molar refractivity (Wildman–Crippen MR) is 130 cm³/mol. The summed E-state index contributed by atoms with van der Waals surface area (Å²) in [6.45, 7) is 4.62. The van der Waals surface area contributed by atoms with Crippen molar-refractivity contribution in [1.29, 1.82) is 0 Å². The number of para-hydroxylation sites is 2. The third kappa shape index (κ3) is 4.49. The van der Waals surface area contributed by atoms with Crippen LogP contribution in [0.5, 0.6) is 0 Å². The summed E-state index contributed by atoms with van der Waals surface area (Å²) in [4.78, 5) is 28.7. The van der Waals surface area contributed by atoms with E-state index in [4.69, 9.17) is 12.2 Å². The number of hydrogen-bond donors (Lipinski definition) is 2. The molecule has 0 spiro atoms. The SMILES string of the molecule is CC(=O)N1CCN(c2ccccc2NC(=S)NC(=O)CC23CC4CC(CC(C4)C2)C3)CC1. The minimum atomic E-state index is 0.0528. The molecule has 0 aromatic heterocycles. The summed E-state index contributed by atoms with van der Waals surface area (Å²) in [6.07, 6.45) is 8.44. The van der Waals surface area contributed by atoms with Gasteiger partial charge in [-0.2, -0.15) is 0 Å². The Balaban J connectivity index is 1.18. The molecule has 5 fully saturated rings. The molecule has 1 aromatic rings. The topological polar surface area (TPSA) is 64.7 Å². The van der Waals surface area contributed by atoms with Crippen molar-refractivity contribution in [2.45, 2.75) is 51.9 Å². The molecule has 1 aliphatic heterocycles. The normalized spacial score (nSPS) is 30.8. The van der Waals surface area contributed by atoms with Crippen LogP contribution >= 0.6 is 12.2 Å². The maximum Gasteiger partial charge on any atom is 0.226 e. The van der Waals surface area contributed by atoms with E-state index in [-0.39, 0.29) is 17.2 Å². The number of anilines is 2. The first kappa shape index (κ1) is 21.7. The van der Waals surface area contributed by atoms with Crippen LogP contribution in [-0.2, 0) is 9.59 Å². The molecule has 7 heteroatoms. The molecule has 2 amide bonds. The number of carbonyl (C=O) groups is 2. The molecule has 172 valence electrons. The second-order valence-corrected chi connectivity index (χ2v) is 11.0. The first-order valence-electron chi connectivity index (χ1n) is 12.1. The fraction of sp³-hybridized carbons (Fsp3) is 0.640. The van der Waals surface area contributed by atoms with Crippen LogP contribution < -0.4 is 15.5 Å². The van der Waals surface area contributed by atoms with Crippen LogP contribution in [0, 0.1) is 23.2 Å². The predicted octanol–water partition coefficient (Wildman–Crippen LogP) is 3.77. The molecule has 4 saturated carbocycles. The van der Waals surface area contributed by atoms with Crippen molar-refractivity contribution in [3.05, 3.63) is 24.3 Å². The highest BCUT2D eigenvalue weighted by molar-refractivity contribution is 7.80. The number of nitrogens with one attached hydrogen (secondary N) is 2. The van der Waals surface area contributed by atoms with Crippen molar-refractivity contribution in [3.8, 4) is 0 Å². The van der Waals surface area contributed by atoms with Crippen molar-refractivity contribution >= 4 is 40.5 Å². The second kappa shape index (κ2) is 8.65. The molecule has 5 aliphatic rings. The van der Waals surface area contributed by atoms with Gasteiger partial charge in [0.15, 0.2) is 5.11 Å². The monoisotopic (exact) mass is 454 g/mol. The quantitative estimate of drug-likeness (QED) is 0.678. The second-order valence-electron chi connectivity index (χ2n) is 10.6. The molecule has 0 atom stereocenters. The largest absolute Gasteiger partial charge is 0.366 e. The number of rotatable bonds is 4. The van der Waals surface area contributed by atoms with Crippen LogP contribution in [0.3, 0.4) is 0 Å². The lowest BCUT2D eigenvalue weighted by molar-refractivity contribution is -0.129. The summed E-state index contributed by atoms with van der Waals surface area (Å²) in [5, 5.41) is 6.59. The summed E-state index contributed by atoms with van der Waals surface area (Å²) >= 11 is 5.52. The maximum absolute atomic E-state index is 12.9. The molecular weight excluding hydrogens is 420 g/mol. The van der Waals surface area contributed by atoms with Crippen molar-refractivity contribution in [2.24, 2.45) is 23.2 Å². The van der Waals surface area contributed by atoms with Crippen molar-refractivity contribution < 1.29 is 9.59 Å². The van der Waals surface area contributed by atoms with Gasteiger partial charge >= 0.3 is 0 Å². The van der Waals surface area contributed by atoms with E-state index >= 15 is 0 Å². The van der Waals surface area contributed by atoms with Crippen molar-refractivity contribution in [3.63, 3.8) is 0 Å². The Hall–Kier alpha value is -2.15. The third-order valence-electron chi connectivity index (χ3n) is 8.17. The molecule has 32 heavy (non-hydrogen) atoms. The summed E-state index contributed by atoms with van der Waals surface area (Å²) in [6, 6.07) is 8.03. The van der Waals surface area contributed by atoms with Gasteiger partial charge in [0.1, 0.15) is 0 Å². The van der Waals surface area contributed by atoms with Crippen molar-refractivity contribution in [1.82, 2.24) is 10.2 Å². The molecule has 4 aliphatic carbocycles. The van der Waals surface area contributed by atoms with Gasteiger partial charge in [-0.15, -0.1) is 0 Å². The number of nitrogens with zero attached hydrogens (tertiary/aromatic N) is 2. The van der Waals surface area contributed by atoms with Crippen LogP contribution in [0.4, 0.5) is 11.4 Å². The first-order valence-corrected chi connectivity index (χ1v) is 12.5. The number of hydrogen-bond acceptors (Lipinski definition) is 4. The molecule has 2 N–H and O–H groups in total. The van der Waals surface area contributed by atoms with E-state index in [9.17, 15) is 9.59 Å². The Bertz CT molecular complexity index is 874. The van der Waals surface area contributed by atoms with Crippen LogP contribution in [0.25, 0.3) is 0 Å². The average molecular weight is 455 g/mol. The van der Waals surface area contributed by atoms with E-state index < -0.39 is 0 Å². The highest BCUT2D eigenvalue weighted by Crippen LogP contribution is 2.61. The lowest BCUT2D eigenvalue weighted by Gasteiger charge is -2.56. The van der Waals surface area contributed by atoms with Gasteiger partial charge < -0.3 is 20.4 Å². The Morgan fingerprint density at radius 1 is 1.00 bits per heavy atom. The summed E-state index contributed by atoms with van der Waals surface area (Å²) in [7, 11) is 0. The molecule has 1 saturated heterocycles. The molecule has 6 rings (SSSR count). The molecule has 4 bridgehead atoms. The van der Waals surface area contributed by atoms with Gasteiger partial charge in [-0.05, 0) is 86.0 Å². The van der Waals surface area contributed by atoms with Gasteiger partial charge in [0.25, 0.3) is 0 Å². The summed E-state index contributed by atoms with van der Waals surface area (Å²) in [5.74, 6) is 2.70. The van der Waals surface area contributed by atoms with Crippen LogP contribution in [0.2, 0.25) is 0 Å². The molecular formula is C25H34N4O2S. The van der Waals surface area contributed by atoms with Gasteiger partial charge in [0.05, 0.1) is 11.4 Å². The number of carbonyl (C=O) groups excluding carboxylic acids is 2. The van der Waals surface area contributed by atoms with E-state index in [1.54, 1.807) is 6.92 Å². The van der Waals surface area contributed by atoms with Crippen LogP contribution in [0.1, 0.15) is 51.9 Å². The van der Waals surface area contributed by atoms with Crippen molar-refractivity contribution in [2.75, 3.05) is 36.4 Å². The fourth-order valence-electron chi connectivity index (χ4n) is 7.29. The smallest absolute Gasteiger partial charge is 0.226 e. The molecule has 0 unspecified atom stereocenters. The van der Waals surface area contributed by atoms with E-state index in [1.165, 1.54) is 38.5 Å². The van der Waals surface area contributed by atoms with E-state index in [1.807, 2.05) is 23.1 Å². The lowest BCUT2D eigenvalue weighted by Crippen LogP contribution is -2.49. The number of amides is 2. The number of thiocarbonyl (C=S) groups is 1. The summed E-state index contributed by atoms with van der Waals surface area (Å²) < 4.78 is 0.